The molecule has 1 aromatic heterocycles. The van der Waals surface area contributed by atoms with Gasteiger partial charge in [0.2, 0.25) is 5.95 Å². The molecule has 3 rings (SSSR count). The molecule has 1 aromatic carbocycles. The van der Waals surface area contributed by atoms with E-state index >= 15 is 0 Å². The number of nitrogens with one attached hydrogen (secondary N) is 1. The van der Waals surface area contributed by atoms with Crippen molar-refractivity contribution in [3.05, 3.63) is 41.0 Å². The highest BCUT2D eigenvalue weighted by Crippen LogP contribution is 2.27. The minimum atomic E-state index is -0.523. The average Bonchev–Trinajstić information content (AvgIpc) is 2.69. The minimum Gasteiger partial charge on any atom is -0.444 e. The molecule has 0 bridgehead atoms. The van der Waals surface area contributed by atoms with Crippen molar-refractivity contribution in [3.63, 3.8) is 0 Å². The number of hydrogen-bond donors (Lipinski definition) is 1. The van der Waals surface area contributed by atoms with E-state index in [1.165, 1.54) is 6.20 Å². The fourth-order valence-corrected chi connectivity index (χ4v) is 3.09. The van der Waals surface area contributed by atoms with Crippen molar-refractivity contribution < 1.29 is 9.53 Å². The van der Waals surface area contributed by atoms with E-state index in [0.29, 0.717) is 54.2 Å². The van der Waals surface area contributed by atoms with E-state index in [9.17, 15) is 10.1 Å². The summed E-state index contributed by atoms with van der Waals surface area (Å²) in [6.07, 6.45) is 1.21. The van der Waals surface area contributed by atoms with Crippen molar-refractivity contribution in [1.29, 1.82) is 5.26 Å². The normalized spacial score (nSPS) is 14.3. The zero-order valence-corrected chi connectivity index (χ0v) is 17.4. The molecule has 0 spiro atoms. The van der Waals surface area contributed by atoms with E-state index in [1.807, 2.05) is 31.7 Å². The predicted molar refractivity (Wildman–Crippen MR) is 112 cm³/mol. The van der Waals surface area contributed by atoms with Crippen LogP contribution in [0.5, 0.6) is 0 Å². The van der Waals surface area contributed by atoms with E-state index in [-0.39, 0.29) is 6.09 Å². The monoisotopic (exact) mass is 414 g/mol. The lowest BCUT2D eigenvalue weighted by atomic mass is 10.2. The van der Waals surface area contributed by atoms with Crippen LogP contribution in [0, 0.1) is 11.3 Å². The fraction of sp³-hybridized carbons (Fsp3) is 0.400. The second-order valence-corrected chi connectivity index (χ2v) is 8.01. The second kappa shape index (κ2) is 8.53. The molecule has 0 saturated carbocycles. The summed E-state index contributed by atoms with van der Waals surface area (Å²) >= 11 is 6.33. The summed E-state index contributed by atoms with van der Waals surface area (Å²) in [6.45, 7) is 7.71. The van der Waals surface area contributed by atoms with E-state index < -0.39 is 5.60 Å². The smallest absolute Gasteiger partial charge is 0.410 e. The van der Waals surface area contributed by atoms with Gasteiger partial charge in [0.05, 0.1) is 17.4 Å². The van der Waals surface area contributed by atoms with E-state index in [1.54, 1.807) is 23.1 Å². The molecule has 1 N–H and O–H groups in total. The molecule has 1 aliphatic heterocycles. The standard InChI is InChI=1S/C20H23ClN6O2/c1-20(2,3)29-19(28)27-10-8-26(9-11-27)17-15(21)13-23-18(25-17)24-16-7-5-4-6-14(16)12-22/h4-7,13H,8-11H2,1-3H3,(H,23,24,25). The van der Waals surface area contributed by atoms with Crippen molar-refractivity contribution >= 4 is 35.1 Å². The van der Waals surface area contributed by atoms with Gasteiger partial charge in [0, 0.05) is 26.2 Å². The van der Waals surface area contributed by atoms with Gasteiger partial charge in [-0.1, -0.05) is 23.7 Å². The number of para-hydroxylation sites is 1. The molecule has 2 heterocycles. The van der Waals surface area contributed by atoms with Crippen LogP contribution in [0.2, 0.25) is 5.02 Å². The second-order valence-electron chi connectivity index (χ2n) is 7.60. The number of halogens is 1. The third kappa shape index (κ3) is 5.27. The minimum absolute atomic E-state index is 0.318. The number of carbonyl (C=O) groups is 1. The lowest BCUT2D eigenvalue weighted by molar-refractivity contribution is 0.0240. The van der Waals surface area contributed by atoms with Gasteiger partial charge < -0.3 is 19.9 Å². The average molecular weight is 415 g/mol. The van der Waals surface area contributed by atoms with Crippen molar-refractivity contribution in [2.75, 3.05) is 36.4 Å². The van der Waals surface area contributed by atoms with Crippen LogP contribution < -0.4 is 10.2 Å². The van der Waals surface area contributed by atoms with Crippen LogP contribution in [0.3, 0.4) is 0 Å². The van der Waals surface area contributed by atoms with Gasteiger partial charge in [-0.05, 0) is 32.9 Å². The molecule has 1 amide bonds. The van der Waals surface area contributed by atoms with Crippen LogP contribution in [0.15, 0.2) is 30.5 Å². The van der Waals surface area contributed by atoms with Crippen molar-refractivity contribution in [2.45, 2.75) is 26.4 Å². The lowest BCUT2D eigenvalue weighted by Gasteiger charge is -2.36. The number of anilines is 3. The Morgan fingerprint density at radius 3 is 2.59 bits per heavy atom. The number of carbonyl (C=O) groups excluding carboxylic acids is 1. The molecule has 0 atom stereocenters. The summed E-state index contributed by atoms with van der Waals surface area (Å²) in [5, 5.41) is 12.7. The summed E-state index contributed by atoms with van der Waals surface area (Å²) in [5.41, 5.74) is 0.599. The number of aromatic nitrogens is 2. The SMILES string of the molecule is CC(C)(C)OC(=O)N1CCN(c2nc(Nc3ccccc3C#N)ncc2Cl)CC1. The van der Waals surface area contributed by atoms with Crippen LogP contribution in [-0.4, -0.2) is 52.7 Å². The first-order chi connectivity index (χ1) is 13.8. The number of benzene rings is 1. The van der Waals surface area contributed by atoms with Crippen LogP contribution >= 0.6 is 11.6 Å². The molecule has 152 valence electrons. The number of nitrogens with zero attached hydrogens (tertiary/aromatic N) is 5. The summed E-state index contributed by atoms with van der Waals surface area (Å²) in [4.78, 5) is 24.7. The molecule has 1 saturated heterocycles. The summed E-state index contributed by atoms with van der Waals surface area (Å²) in [7, 11) is 0. The molecular weight excluding hydrogens is 392 g/mol. The Hall–Kier alpha value is -3.05. The van der Waals surface area contributed by atoms with Crippen molar-refractivity contribution in [1.82, 2.24) is 14.9 Å². The first-order valence-electron chi connectivity index (χ1n) is 9.28. The maximum absolute atomic E-state index is 12.2. The molecule has 1 fully saturated rings. The third-order valence-electron chi connectivity index (χ3n) is 4.25. The number of piperazine rings is 1. The first-order valence-corrected chi connectivity index (χ1v) is 9.66. The molecule has 0 unspecified atom stereocenters. The van der Waals surface area contributed by atoms with E-state index in [4.69, 9.17) is 16.3 Å². The van der Waals surface area contributed by atoms with E-state index in [2.05, 4.69) is 21.4 Å². The zero-order chi connectivity index (χ0) is 21.0. The van der Waals surface area contributed by atoms with Gasteiger partial charge in [-0.25, -0.2) is 9.78 Å². The predicted octanol–water partition coefficient (Wildman–Crippen LogP) is 3.80. The van der Waals surface area contributed by atoms with Crippen LogP contribution in [0.25, 0.3) is 0 Å². The summed E-state index contributed by atoms with van der Waals surface area (Å²) < 4.78 is 5.43. The molecule has 9 heteroatoms. The third-order valence-corrected chi connectivity index (χ3v) is 4.52. The van der Waals surface area contributed by atoms with Gasteiger partial charge in [0.15, 0.2) is 5.82 Å². The lowest BCUT2D eigenvalue weighted by Crippen LogP contribution is -2.50. The quantitative estimate of drug-likeness (QED) is 0.816. The Kier molecular flexibility index (Phi) is 6.09. The Balaban J connectivity index is 1.70. The maximum Gasteiger partial charge on any atom is 0.410 e. The summed E-state index contributed by atoms with van der Waals surface area (Å²) in [5.74, 6) is 0.934. The number of ether oxygens (including phenoxy) is 1. The van der Waals surface area contributed by atoms with Crippen molar-refractivity contribution in [3.8, 4) is 6.07 Å². The van der Waals surface area contributed by atoms with Crippen molar-refractivity contribution in [2.24, 2.45) is 0 Å². The van der Waals surface area contributed by atoms with Gasteiger partial charge in [0.1, 0.15) is 16.7 Å². The highest BCUT2D eigenvalue weighted by molar-refractivity contribution is 6.32. The number of rotatable bonds is 3. The molecule has 0 radical (unpaired) electrons. The number of hydrogen-bond acceptors (Lipinski definition) is 7. The Morgan fingerprint density at radius 1 is 1.24 bits per heavy atom. The molecular formula is C20H23ClN6O2. The van der Waals surface area contributed by atoms with E-state index in [0.717, 1.165) is 0 Å². The molecule has 0 aliphatic carbocycles. The molecule has 2 aromatic rings. The first kappa shape index (κ1) is 20.7. The van der Waals surface area contributed by atoms with Gasteiger partial charge in [0.25, 0.3) is 0 Å². The Labute approximate surface area is 175 Å². The number of amides is 1. The van der Waals surface area contributed by atoms with Gasteiger partial charge in [-0.2, -0.15) is 10.2 Å². The van der Waals surface area contributed by atoms with Crippen LogP contribution in [0.4, 0.5) is 22.2 Å². The zero-order valence-electron chi connectivity index (χ0n) is 16.6. The fourth-order valence-electron chi connectivity index (χ4n) is 2.88. The molecule has 29 heavy (non-hydrogen) atoms. The number of nitriles is 1. The maximum atomic E-state index is 12.2. The molecule has 1 aliphatic rings. The molecule has 8 nitrogen and oxygen atoms in total. The van der Waals surface area contributed by atoms with Gasteiger partial charge >= 0.3 is 6.09 Å². The topological polar surface area (TPSA) is 94.4 Å². The highest BCUT2D eigenvalue weighted by atomic mass is 35.5. The largest absolute Gasteiger partial charge is 0.444 e. The summed E-state index contributed by atoms with van der Waals surface area (Å²) in [6, 6.07) is 9.26. The van der Waals surface area contributed by atoms with Gasteiger partial charge in [-0.15, -0.1) is 0 Å². The van der Waals surface area contributed by atoms with Crippen LogP contribution in [0.1, 0.15) is 26.3 Å². The Morgan fingerprint density at radius 2 is 1.93 bits per heavy atom. The van der Waals surface area contributed by atoms with Gasteiger partial charge in [-0.3, -0.25) is 0 Å². The highest BCUT2D eigenvalue weighted by Gasteiger charge is 2.27. The Bertz CT molecular complexity index is 929. The van der Waals surface area contributed by atoms with Crippen LogP contribution in [-0.2, 0) is 4.74 Å².